The Kier molecular flexibility index (Phi) is 8.92. The molecule has 1 N–H and O–H groups in total. The molecule has 1 aromatic heterocycles. The third kappa shape index (κ3) is 6.50. The van der Waals surface area contributed by atoms with Crippen LogP contribution in [0, 0.1) is 0 Å². The van der Waals surface area contributed by atoms with Crippen LogP contribution in [0.3, 0.4) is 0 Å². The number of nitrogens with zero attached hydrogens (tertiary/aromatic N) is 2. The van der Waals surface area contributed by atoms with Gasteiger partial charge in [0.25, 0.3) is 0 Å². The first kappa shape index (κ1) is 27.3. The van der Waals surface area contributed by atoms with Crippen LogP contribution in [0.5, 0.6) is 17.2 Å². The van der Waals surface area contributed by atoms with E-state index in [0.717, 1.165) is 73.8 Å². The van der Waals surface area contributed by atoms with Crippen molar-refractivity contribution in [3.63, 3.8) is 0 Å². The van der Waals surface area contributed by atoms with Gasteiger partial charge < -0.3 is 19.5 Å². The number of aryl methyl sites for hydroxylation is 1. The fourth-order valence-electron chi connectivity index (χ4n) is 5.92. The number of anilines is 1. The predicted octanol–water partition coefficient (Wildman–Crippen LogP) is 7.07. The number of hydrogen-bond acceptors (Lipinski definition) is 6. The first-order chi connectivity index (χ1) is 19.1. The van der Waals surface area contributed by atoms with E-state index in [-0.39, 0.29) is 0 Å². The van der Waals surface area contributed by atoms with E-state index < -0.39 is 0 Å². The van der Waals surface area contributed by atoms with Gasteiger partial charge in [-0.05, 0) is 85.5 Å². The predicted molar refractivity (Wildman–Crippen MR) is 158 cm³/mol. The molecule has 0 amide bonds. The van der Waals surface area contributed by atoms with E-state index in [4.69, 9.17) is 19.2 Å². The molecule has 0 radical (unpaired) electrons. The van der Waals surface area contributed by atoms with Crippen molar-refractivity contribution in [1.82, 2.24) is 9.88 Å². The second-order valence-electron chi connectivity index (χ2n) is 11.0. The summed E-state index contributed by atoms with van der Waals surface area (Å²) >= 11 is 0. The van der Waals surface area contributed by atoms with Gasteiger partial charge in [0.2, 0.25) is 0 Å². The lowest BCUT2D eigenvalue weighted by molar-refractivity contribution is 0.211. The standard InChI is InChI=1S/C33H43N3O3/c1-5-7-23-16-28(21-29(17-23)37-2)35-27-11-14-36(15-12-27)22-24-10-13-34-31(18-24)26-19-30(25-8-6-9-25)33(39-4)32(20-26)38-3/h10,13,16-21,25,27,35H,5-9,11-12,14-15,22H2,1-4H3. The van der Waals surface area contributed by atoms with Crippen LogP contribution in [0.25, 0.3) is 11.3 Å². The third-order valence-corrected chi connectivity index (χ3v) is 8.28. The quantitative estimate of drug-likeness (QED) is 0.287. The van der Waals surface area contributed by atoms with Crippen molar-refractivity contribution in [2.45, 2.75) is 70.4 Å². The number of methoxy groups -OCH3 is 3. The van der Waals surface area contributed by atoms with E-state index >= 15 is 0 Å². The number of nitrogens with one attached hydrogen (secondary N) is 1. The SMILES string of the molecule is CCCc1cc(NC2CCN(Cc3ccnc(-c4cc(OC)c(OC)c(C5CCC5)c4)c3)CC2)cc(OC)c1. The average Bonchev–Trinajstić information content (AvgIpc) is 2.93. The summed E-state index contributed by atoms with van der Waals surface area (Å²) in [6.45, 7) is 5.30. The summed E-state index contributed by atoms with van der Waals surface area (Å²) in [5.41, 5.74) is 7.14. The van der Waals surface area contributed by atoms with Crippen LogP contribution in [-0.2, 0) is 13.0 Å². The van der Waals surface area contributed by atoms with E-state index in [2.05, 4.69) is 59.6 Å². The van der Waals surface area contributed by atoms with Crippen molar-refractivity contribution in [1.29, 1.82) is 0 Å². The Balaban J connectivity index is 1.23. The Labute approximate surface area is 233 Å². The molecule has 5 rings (SSSR count). The summed E-state index contributed by atoms with van der Waals surface area (Å²) in [6, 6.07) is 15.7. The Hall–Kier alpha value is -3.25. The van der Waals surface area contributed by atoms with Crippen LogP contribution in [0.15, 0.2) is 48.7 Å². The maximum atomic E-state index is 5.75. The summed E-state index contributed by atoms with van der Waals surface area (Å²) in [5.74, 6) is 3.14. The molecule has 39 heavy (non-hydrogen) atoms. The van der Waals surface area contributed by atoms with Gasteiger partial charge in [-0.3, -0.25) is 9.88 Å². The molecule has 2 aliphatic rings. The molecule has 1 aliphatic heterocycles. The zero-order valence-corrected chi connectivity index (χ0v) is 24.0. The molecule has 1 aliphatic carbocycles. The Bertz CT molecular complexity index is 1250. The molecule has 1 saturated carbocycles. The lowest BCUT2D eigenvalue weighted by Crippen LogP contribution is -2.38. The van der Waals surface area contributed by atoms with Crippen molar-refractivity contribution < 1.29 is 14.2 Å². The molecule has 6 heteroatoms. The number of ether oxygens (including phenoxy) is 3. The van der Waals surface area contributed by atoms with Gasteiger partial charge in [-0.2, -0.15) is 0 Å². The van der Waals surface area contributed by atoms with Crippen molar-refractivity contribution in [2.24, 2.45) is 0 Å². The zero-order chi connectivity index (χ0) is 27.2. The van der Waals surface area contributed by atoms with Gasteiger partial charge >= 0.3 is 0 Å². The average molecular weight is 530 g/mol. The molecule has 2 aromatic carbocycles. The van der Waals surface area contributed by atoms with E-state index in [9.17, 15) is 0 Å². The largest absolute Gasteiger partial charge is 0.497 e. The summed E-state index contributed by atoms with van der Waals surface area (Å²) < 4.78 is 17.0. The summed E-state index contributed by atoms with van der Waals surface area (Å²) in [5, 5.41) is 3.77. The molecule has 208 valence electrons. The van der Waals surface area contributed by atoms with Crippen molar-refractivity contribution >= 4 is 5.69 Å². The molecule has 0 spiro atoms. The highest BCUT2D eigenvalue weighted by molar-refractivity contribution is 5.67. The number of likely N-dealkylation sites (tertiary alicyclic amines) is 1. The maximum Gasteiger partial charge on any atom is 0.164 e. The monoisotopic (exact) mass is 529 g/mol. The fraction of sp³-hybridized carbons (Fsp3) is 0.485. The van der Waals surface area contributed by atoms with Gasteiger partial charge in [-0.15, -0.1) is 0 Å². The molecule has 1 saturated heterocycles. The summed E-state index contributed by atoms with van der Waals surface area (Å²) in [6.07, 6.45) is 10.1. The minimum atomic E-state index is 0.479. The minimum absolute atomic E-state index is 0.479. The van der Waals surface area contributed by atoms with E-state index in [1.54, 1.807) is 21.3 Å². The first-order valence-corrected chi connectivity index (χ1v) is 14.5. The van der Waals surface area contributed by atoms with Gasteiger partial charge in [0.1, 0.15) is 5.75 Å². The number of benzene rings is 2. The Morgan fingerprint density at radius 1 is 0.897 bits per heavy atom. The van der Waals surface area contributed by atoms with Gasteiger partial charge in [0, 0.05) is 54.8 Å². The van der Waals surface area contributed by atoms with E-state index in [1.807, 2.05) is 6.20 Å². The van der Waals surface area contributed by atoms with Crippen LogP contribution in [-0.4, -0.2) is 50.3 Å². The molecule has 0 unspecified atom stereocenters. The van der Waals surface area contributed by atoms with Crippen molar-refractivity contribution in [3.8, 4) is 28.5 Å². The van der Waals surface area contributed by atoms with Crippen molar-refractivity contribution in [3.05, 3.63) is 65.4 Å². The number of aromatic nitrogens is 1. The lowest BCUT2D eigenvalue weighted by Gasteiger charge is -2.33. The minimum Gasteiger partial charge on any atom is -0.497 e. The van der Waals surface area contributed by atoms with E-state index in [1.165, 1.54) is 41.6 Å². The van der Waals surface area contributed by atoms with Crippen molar-refractivity contribution in [2.75, 3.05) is 39.7 Å². The van der Waals surface area contributed by atoms with Gasteiger partial charge in [0.15, 0.2) is 11.5 Å². The van der Waals surface area contributed by atoms with Crippen LogP contribution in [0.2, 0.25) is 0 Å². The van der Waals surface area contributed by atoms with Gasteiger partial charge in [-0.25, -0.2) is 0 Å². The van der Waals surface area contributed by atoms with Crippen LogP contribution in [0.4, 0.5) is 5.69 Å². The second-order valence-corrected chi connectivity index (χ2v) is 11.0. The lowest BCUT2D eigenvalue weighted by atomic mass is 9.79. The molecule has 0 atom stereocenters. The number of rotatable bonds is 11. The second kappa shape index (κ2) is 12.7. The molecule has 6 nitrogen and oxygen atoms in total. The normalized spacial score (nSPS) is 16.5. The molecular formula is C33H43N3O3. The van der Waals surface area contributed by atoms with Crippen LogP contribution in [0.1, 0.15) is 68.1 Å². The molecule has 0 bridgehead atoms. The summed E-state index contributed by atoms with van der Waals surface area (Å²) in [4.78, 5) is 7.29. The topological polar surface area (TPSA) is 55.9 Å². The maximum absolute atomic E-state index is 5.75. The number of pyridine rings is 1. The first-order valence-electron chi connectivity index (χ1n) is 14.5. The highest BCUT2D eigenvalue weighted by Gasteiger charge is 2.26. The molecular weight excluding hydrogens is 486 g/mol. The molecule has 2 fully saturated rings. The number of hydrogen-bond donors (Lipinski definition) is 1. The molecule has 2 heterocycles. The van der Waals surface area contributed by atoms with Crippen LogP contribution >= 0.6 is 0 Å². The fourth-order valence-corrected chi connectivity index (χ4v) is 5.92. The Morgan fingerprint density at radius 2 is 1.72 bits per heavy atom. The third-order valence-electron chi connectivity index (χ3n) is 8.28. The molecule has 3 aromatic rings. The van der Waals surface area contributed by atoms with Gasteiger partial charge in [0.05, 0.1) is 27.0 Å². The highest BCUT2D eigenvalue weighted by atomic mass is 16.5. The summed E-state index contributed by atoms with van der Waals surface area (Å²) in [7, 11) is 5.20. The highest BCUT2D eigenvalue weighted by Crippen LogP contribution is 2.46. The smallest absolute Gasteiger partial charge is 0.164 e. The zero-order valence-electron chi connectivity index (χ0n) is 24.0. The van der Waals surface area contributed by atoms with Gasteiger partial charge in [-0.1, -0.05) is 19.8 Å². The van der Waals surface area contributed by atoms with Crippen LogP contribution < -0.4 is 19.5 Å². The van der Waals surface area contributed by atoms with E-state index in [0.29, 0.717) is 12.0 Å². The Morgan fingerprint density at radius 3 is 2.38 bits per heavy atom. The number of piperidine rings is 1.